The number of ether oxygens (including phenoxy) is 1. The Morgan fingerprint density at radius 3 is 2.25 bits per heavy atom. The molecule has 0 amide bonds. The molecule has 0 aliphatic carbocycles. The van der Waals surface area contributed by atoms with Crippen LogP contribution < -0.4 is 0 Å². The van der Waals surface area contributed by atoms with Crippen molar-refractivity contribution in [3.8, 4) is 0 Å². The van der Waals surface area contributed by atoms with E-state index in [1.807, 2.05) is 39.6 Å². The highest BCUT2D eigenvalue weighted by Gasteiger charge is 2.16. The summed E-state index contributed by atoms with van der Waals surface area (Å²) >= 11 is 0. The van der Waals surface area contributed by atoms with Gasteiger partial charge in [0.2, 0.25) is 0 Å². The van der Waals surface area contributed by atoms with Crippen LogP contribution >= 0.6 is 0 Å². The van der Waals surface area contributed by atoms with E-state index in [1.54, 1.807) is 0 Å². The normalized spacial score (nSPS) is 11.8. The van der Waals surface area contributed by atoms with Gasteiger partial charge in [0.25, 0.3) is 0 Å². The molecule has 0 rings (SSSR count). The van der Waals surface area contributed by atoms with E-state index < -0.39 is 0 Å². The van der Waals surface area contributed by atoms with E-state index in [0.29, 0.717) is 6.54 Å². The van der Waals surface area contributed by atoms with Gasteiger partial charge in [-0.15, -0.1) is 0 Å². The molecule has 0 atom stereocenters. The number of likely N-dealkylation sites (N-methyl/N-ethyl adjacent to an activating group) is 1. The molecular weight excluding hydrogens is 154 g/mol. The standard InChI is InChI=1S/C9H19NO2/c1-6-10(5)7-8(11)12-9(2,3)4/h6-7H2,1-5H3. The molecule has 0 aromatic carbocycles. The number of carbonyl (C=O) groups is 1. The van der Waals surface area contributed by atoms with Crippen molar-refractivity contribution >= 4 is 5.97 Å². The summed E-state index contributed by atoms with van der Waals surface area (Å²) in [6.45, 7) is 8.85. The van der Waals surface area contributed by atoms with Crippen LogP contribution in [0.1, 0.15) is 27.7 Å². The summed E-state index contributed by atoms with van der Waals surface area (Å²) in [6, 6.07) is 0. The first kappa shape index (κ1) is 11.4. The lowest BCUT2D eigenvalue weighted by molar-refractivity contribution is -0.155. The molecular formula is C9H19NO2. The maximum absolute atomic E-state index is 11.2. The van der Waals surface area contributed by atoms with Gasteiger partial charge in [0.1, 0.15) is 5.60 Å². The number of nitrogens with zero attached hydrogens (tertiary/aromatic N) is 1. The second-order valence-electron chi connectivity index (χ2n) is 3.92. The smallest absolute Gasteiger partial charge is 0.320 e. The molecule has 0 fully saturated rings. The van der Waals surface area contributed by atoms with Crippen LogP contribution in [-0.4, -0.2) is 36.6 Å². The predicted octanol–water partition coefficient (Wildman–Crippen LogP) is 1.28. The van der Waals surface area contributed by atoms with Gasteiger partial charge >= 0.3 is 5.97 Å². The molecule has 0 saturated carbocycles. The van der Waals surface area contributed by atoms with Crippen molar-refractivity contribution in [3.63, 3.8) is 0 Å². The number of hydrogen-bond donors (Lipinski definition) is 0. The summed E-state index contributed by atoms with van der Waals surface area (Å²) < 4.78 is 5.13. The Balaban J connectivity index is 3.75. The SMILES string of the molecule is CCN(C)CC(=O)OC(C)(C)C. The van der Waals surface area contributed by atoms with E-state index in [0.717, 1.165) is 6.54 Å². The predicted molar refractivity (Wildman–Crippen MR) is 49.0 cm³/mol. The van der Waals surface area contributed by atoms with Crippen LogP contribution in [0.5, 0.6) is 0 Å². The van der Waals surface area contributed by atoms with Crippen molar-refractivity contribution in [2.75, 3.05) is 20.1 Å². The molecule has 0 aromatic heterocycles. The van der Waals surface area contributed by atoms with E-state index in [4.69, 9.17) is 4.74 Å². The van der Waals surface area contributed by atoms with Crippen LogP contribution in [0.2, 0.25) is 0 Å². The van der Waals surface area contributed by atoms with Gasteiger partial charge in [-0.3, -0.25) is 9.69 Å². The molecule has 0 heterocycles. The summed E-state index contributed by atoms with van der Waals surface area (Å²) in [4.78, 5) is 13.1. The van der Waals surface area contributed by atoms with E-state index >= 15 is 0 Å². The number of esters is 1. The van der Waals surface area contributed by atoms with E-state index in [-0.39, 0.29) is 11.6 Å². The van der Waals surface area contributed by atoms with Crippen LogP contribution in [0.3, 0.4) is 0 Å². The first-order valence-electron chi connectivity index (χ1n) is 4.25. The van der Waals surface area contributed by atoms with Crippen LogP contribution in [0, 0.1) is 0 Å². The van der Waals surface area contributed by atoms with Crippen LogP contribution in [0.15, 0.2) is 0 Å². The fourth-order valence-electron chi connectivity index (χ4n) is 0.706. The Kier molecular flexibility index (Phi) is 4.24. The largest absolute Gasteiger partial charge is 0.459 e. The maximum Gasteiger partial charge on any atom is 0.320 e. The van der Waals surface area contributed by atoms with Crippen LogP contribution in [-0.2, 0) is 9.53 Å². The lowest BCUT2D eigenvalue weighted by Gasteiger charge is -2.21. The van der Waals surface area contributed by atoms with Gasteiger partial charge in [-0.1, -0.05) is 6.92 Å². The van der Waals surface area contributed by atoms with E-state index in [9.17, 15) is 4.79 Å². The quantitative estimate of drug-likeness (QED) is 0.602. The highest BCUT2D eigenvalue weighted by Crippen LogP contribution is 2.06. The van der Waals surface area contributed by atoms with Gasteiger partial charge in [0.05, 0.1) is 6.54 Å². The molecule has 12 heavy (non-hydrogen) atoms. The Hall–Kier alpha value is -0.570. The summed E-state index contributed by atoms with van der Waals surface area (Å²) in [7, 11) is 1.89. The molecule has 72 valence electrons. The van der Waals surface area contributed by atoms with Crippen molar-refractivity contribution in [1.29, 1.82) is 0 Å². The number of rotatable bonds is 3. The fourth-order valence-corrected chi connectivity index (χ4v) is 0.706. The highest BCUT2D eigenvalue weighted by atomic mass is 16.6. The highest BCUT2D eigenvalue weighted by molar-refractivity contribution is 5.72. The van der Waals surface area contributed by atoms with Gasteiger partial charge in [-0.2, -0.15) is 0 Å². The number of carbonyl (C=O) groups excluding carboxylic acids is 1. The van der Waals surface area contributed by atoms with E-state index in [1.165, 1.54) is 0 Å². The minimum Gasteiger partial charge on any atom is -0.459 e. The van der Waals surface area contributed by atoms with Crippen molar-refractivity contribution in [3.05, 3.63) is 0 Å². The van der Waals surface area contributed by atoms with Gasteiger partial charge in [-0.25, -0.2) is 0 Å². The average Bonchev–Trinajstić information content (AvgIpc) is 1.82. The van der Waals surface area contributed by atoms with Crippen LogP contribution in [0.4, 0.5) is 0 Å². The molecule has 0 aliphatic rings. The van der Waals surface area contributed by atoms with Gasteiger partial charge in [0.15, 0.2) is 0 Å². The van der Waals surface area contributed by atoms with Crippen molar-refractivity contribution in [2.45, 2.75) is 33.3 Å². The van der Waals surface area contributed by atoms with Crippen molar-refractivity contribution < 1.29 is 9.53 Å². The van der Waals surface area contributed by atoms with Gasteiger partial charge in [-0.05, 0) is 34.4 Å². The van der Waals surface area contributed by atoms with Gasteiger partial charge < -0.3 is 4.74 Å². The Bertz CT molecular complexity index is 149. The molecule has 0 aromatic rings. The maximum atomic E-state index is 11.2. The lowest BCUT2D eigenvalue weighted by atomic mass is 10.2. The summed E-state index contributed by atoms with van der Waals surface area (Å²) in [6.07, 6.45) is 0. The summed E-state index contributed by atoms with van der Waals surface area (Å²) in [5, 5.41) is 0. The molecule has 3 nitrogen and oxygen atoms in total. The zero-order valence-electron chi connectivity index (χ0n) is 8.68. The molecule has 0 spiro atoms. The van der Waals surface area contributed by atoms with E-state index in [2.05, 4.69) is 0 Å². The summed E-state index contributed by atoms with van der Waals surface area (Å²) in [5.41, 5.74) is -0.369. The second kappa shape index (κ2) is 4.45. The topological polar surface area (TPSA) is 29.5 Å². The zero-order valence-corrected chi connectivity index (χ0v) is 8.68. The third-order valence-electron chi connectivity index (χ3n) is 1.36. The fraction of sp³-hybridized carbons (Fsp3) is 0.889. The third-order valence-corrected chi connectivity index (χ3v) is 1.36. The van der Waals surface area contributed by atoms with Crippen molar-refractivity contribution in [2.24, 2.45) is 0 Å². The molecule has 3 heteroatoms. The van der Waals surface area contributed by atoms with Crippen LogP contribution in [0.25, 0.3) is 0 Å². The zero-order chi connectivity index (χ0) is 9.78. The average molecular weight is 173 g/mol. The Morgan fingerprint density at radius 2 is 1.92 bits per heavy atom. The number of hydrogen-bond acceptors (Lipinski definition) is 3. The molecule has 0 saturated heterocycles. The molecule has 0 aliphatic heterocycles. The minimum absolute atomic E-state index is 0.160. The monoisotopic (exact) mass is 173 g/mol. The molecule has 0 unspecified atom stereocenters. The Labute approximate surface area is 74.7 Å². The summed E-state index contributed by atoms with van der Waals surface area (Å²) in [5.74, 6) is -0.160. The van der Waals surface area contributed by atoms with Crippen molar-refractivity contribution in [1.82, 2.24) is 4.90 Å². The molecule has 0 N–H and O–H groups in total. The first-order valence-corrected chi connectivity index (χ1v) is 4.25. The third kappa shape index (κ3) is 6.16. The van der Waals surface area contributed by atoms with Gasteiger partial charge in [0, 0.05) is 0 Å². The minimum atomic E-state index is -0.369. The Morgan fingerprint density at radius 1 is 1.42 bits per heavy atom. The second-order valence-corrected chi connectivity index (χ2v) is 3.92. The molecule has 0 bridgehead atoms. The first-order chi connectivity index (χ1) is 5.35. The lowest BCUT2D eigenvalue weighted by Crippen LogP contribution is -2.32. The molecule has 0 radical (unpaired) electrons.